The van der Waals surface area contributed by atoms with Crippen LogP contribution in [-0.2, 0) is 11.8 Å². The maximum atomic E-state index is 10.1. The largest absolute Gasteiger partial charge is 0.507 e. The summed E-state index contributed by atoms with van der Waals surface area (Å²) in [7, 11) is 0. The molecule has 4 heteroatoms. The van der Waals surface area contributed by atoms with Crippen molar-refractivity contribution in [2.75, 3.05) is 6.61 Å². The van der Waals surface area contributed by atoms with Crippen molar-refractivity contribution in [2.45, 2.75) is 38.6 Å². The SMILES string of the molecule is CC(C)(C)c1cccc(CC(N)CO)c1O.Cl. The minimum absolute atomic E-state index is 0. The fourth-order valence-corrected chi connectivity index (χ4v) is 1.71. The van der Waals surface area contributed by atoms with Crippen LogP contribution in [0.1, 0.15) is 31.9 Å². The monoisotopic (exact) mass is 259 g/mol. The third kappa shape index (κ3) is 4.19. The van der Waals surface area contributed by atoms with Crippen molar-refractivity contribution in [3.8, 4) is 5.75 Å². The lowest BCUT2D eigenvalue weighted by Gasteiger charge is -2.22. The van der Waals surface area contributed by atoms with Crippen LogP contribution >= 0.6 is 12.4 Å². The van der Waals surface area contributed by atoms with E-state index >= 15 is 0 Å². The second-order valence-corrected chi connectivity index (χ2v) is 5.21. The molecule has 0 fully saturated rings. The highest BCUT2D eigenvalue weighted by Gasteiger charge is 2.20. The summed E-state index contributed by atoms with van der Waals surface area (Å²) in [6, 6.07) is 5.37. The molecule has 1 atom stereocenters. The number of phenols is 1. The molecule has 17 heavy (non-hydrogen) atoms. The van der Waals surface area contributed by atoms with Gasteiger partial charge < -0.3 is 15.9 Å². The van der Waals surface area contributed by atoms with E-state index in [4.69, 9.17) is 10.8 Å². The molecule has 98 valence electrons. The summed E-state index contributed by atoms with van der Waals surface area (Å²) < 4.78 is 0. The Labute approximate surface area is 109 Å². The molecule has 0 bridgehead atoms. The molecule has 1 unspecified atom stereocenters. The molecule has 0 spiro atoms. The van der Waals surface area contributed by atoms with Gasteiger partial charge in [0.25, 0.3) is 0 Å². The molecule has 0 amide bonds. The average molecular weight is 260 g/mol. The molecule has 0 heterocycles. The molecule has 0 aliphatic heterocycles. The lowest BCUT2D eigenvalue weighted by Crippen LogP contribution is -2.27. The molecular weight excluding hydrogens is 238 g/mol. The molecule has 1 aromatic carbocycles. The summed E-state index contributed by atoms with van der Waals surface area (Å²) in [5.74, 6) is 0.305. The third-order valence-electron chi connectivity index (χ3n) is 2.64. The number of hydrogen-bond donors (Lipinski definition) is 3. The van der Waals surface area contributed by atoms with E-state index in [1.54, 1.807) is 0 Å². The average Bonchev–Trinajstić information content (AvgIpc) is 2.19. The van der Waals surface area contributed by atoms with Gasteiger partial charge in [0.15, 0.2) is 0 Å². The Kier molecular flexibility index (Phi) is 5.96. The van der Waals surface area contributed by atoms with Crippen LogP contribution in [0.25, 0.3) is 0 Å². The Balaban J connectivity index is 0.00000256. The van der Waals surface area contributed by atoms with Crippen molar-refractivity contribution >= 4 is 12.4 Å². The van der Waals surface area contributed by atoms with E-state index in [1.165, 1.54) is 0 Å². The molecule has 0 aliphatic carbocycles. The first kappa shape index (κ1) is 16.2. The number of benzene rings is 1. The van der Waals surface area contributed by atoms with Crippen LogP contribution < -0.4 is 5.73 Å². The fourth-order valence-electron chi connectivity index (χ4n) is 1.71. The molecule has 0 aliphatic rings. The van der Waals surface area contributed by atoms with Gasteiger partial charge in [0.05, 0.1) is 6.61 Å². The van der Waals surface area contributed by atoms with Gasteiger partial charge in [-0.1, -0.05) is 39.0 Å². The summed E-state index contributed by atoms with van der Waals surface area (Å²) in [4.78, 5) is 0. The van der Waals surface area contributed by atoms with E-state index < -0.39 is 0 Å². The molecule has 0 saturated carbocycles. The van der Waals surface area contributed by atoms with Crippen LogP contribution in [0.15, 0.2) is 18.2 Å². The van der Waals surface area contributed by atoms with Gasteiger partial charge in [-0.25, -0.2) is 0 Å². The number of para-hydroxylation sites is 1. The Morgan fingerprint density at radius 2 is 1.88 bits per heavy atom. The van der Waals surface area contributed by atoms with E-state index in [2.05, 4.69) is 20.8 Å². The van der Waals surface area contributed by atoms with Gasteiger partial charge in [0.2, 0.25) is 0 Å². The second kappa shape index (κ2) is 6.24. The van der Waals surface area contributed by atoms with Crippen LogP contribution in [-0.4, -0.2) is 22.9 Å². The van der Waals surface area contributed by atoms with Crippen LogP contribution in [0.5, 0.6) is 5.75 Å². The zero-order chi connectivity index (χ0) is 12.3. The minimum Gasteiger partial charge on any atom is -0.507 e. The predicted octanol–water partition coefficient (Wildman–Crippen LogP) is 1.97. The van der Waals surface area contributed by atoms with Crippen LogP contribution in [0.4, 0.5) is 0 Å². The lowest BCUT2D eigenvalue weighted by molar-refractivity contribution is 0.264. The van der Waals surface area contributed by atoms with Crippen molar-refractivity contribution in [3.05, 3.63) is 29.3 Å². The molecule has 0 aromatic heterocycles. The first-order valence-corrected chi connectivity index (χ1v) is 5.54. The number of halogens is 1. The molecule has 0 radical (unpaired) electrons. The van der Waals surface area contributed by atoms with Crippen molar-refractivity contribution in [1.29, 1.82) is 0 Å². The molecular formula is C13H22ClNO2. The summed E-state index contributed by atoms with van der Waals surface area (Å²) in [6.45, 7) is 6.09. The third-order valence-corrected chi connectivity index (χ3v) is 2.64. The zero-order valence-electron chi connectivity index (χ0n) is 10.6. The molecule has 0 saturated heterocycles. The zero-order valence-corrected chi connectivity index (χ0v) is 11.4. The van der Waals surface area contributed by atoms with Crippen molar-refractivity contribution in [1.82, 2.24) is 0 Å². The Morgan fingerprint density at radius 1 is 1.29 bits per heavy atom. The van der Waals surface area contributed by atoms with Crippen LogP contribution in [0.2, 0.25) is 0 Å². The van der Waals surface area contributed by atoms with Crippen molar-refractivity contribution < 1.29 is 10.2 Å². The molecule has 1 aromatic rings. The fraction of sp³-hybridized carbons (Fsp3) is 0.538. The number of hydrogen-bond acceptors (Lipinski definition) is 3. The van der Waals surface area contributed by atoms with Gasteiger partial charge in [0, 0.05) is 6.04 Å². The Morgan fingerprint density at radius 3 is 2.35 bits per heavy atom. The van der Waals surface area contributed by atoms with E-state index in [-0.39, 0.29) is 30.5 Å². The van der Waals surface area contributed by atoms with Gasteiger partial charge in [-0.15, -0.1) is 12.4 Å². The topological polar surface area (TPSA) is 66.5 Å². The number of phenolic OH excluding ortho intramolecular Hbond substituents is 1. The molecule has 3 nitrogen and oxygen atoms in total. The van der Waals surface area contributed by atoms with Crippen LogP contribution in [0.3, 0.4) is 0 Å². The van der Waals surface area contributed by atoms with E-state index in [1.807, 2.05) is 18.2 Å². The smallest absolute Gasteiger partial charge is 0.122 e. The van der Waals surface area contributed by atoms with E-state index in [0.717, 1.165) is 11.1 Å². The summed E-state index contributed by atoms with van der Waals surface area (Å²) in [6.07, 6.45) is 0.492. The van der Waals surface area contributed by atoms with Gasteiger partial charge in [-0.3, -0.25) is 0 Å². The standard InChI is InChI=1S/C13H21NO2.ClH/c1-13(2,3)11-6-4-5-9(12(11)16)7-10(14)8-15;/h4-6,10,15-16H,7-8,14H2,1-3H3;1H. The number of aliphatic hydroxyl groups excluding tert-OH is 1. The number of rotatable bonds is 3. The Bertz CT molecular complexity index is 361. The molecule has 4 N–H and O–H groups in total. The van der Waals surface area contributed by atoms with Gasteiger partial charge >= 0.3 is 0 Å². The van der Waals surface area contributed by atoms with Crippen LogP contribution in [0, 0.1) is 0 Å². The molecule has 1 rings (SSSR count). The van der Waals surface area contributed by atoms with Gasteiger partial charge in [-0.05, 0) is 23.0 Å². The van der Waals surface area contributed by atoms with E-state index in [0.29, 0.717) is 12.2 Å². The summed E-state index contributed by atoms with van der Waals surface area (Å²) >= 11 is 0. The highest BCUT2D eigenvalue weighted by Crippen LogP contribution is 2.33. The maximum Gasteiger partial charge on any atom is 0.122 e. The minimum atomic E-state index is -0.318. The van der Waals surface area contributed by atoms with E-state index in [9.17, 15) is 5.11 Å². The summed E-state index contributed by atoms with van der Waals surface area (Å²) in [5, 5.41) is 19.0. The lowest BCUT2D eigenvalue weighted by atomic mass is 9.84. The normalized spacial score (nSPS) is 13.0. The number of aliphatic hydroxyl groups is 1. The highest BCUT2D eigenvalue weighted by molar-refractivity contribution is 5.85. The first-order chi connectivity index (χ1) is 7.36. The predicted molar refractivity (Wildman–Crippen MR) is 72.8 cm³/mol. The second-order valence-electron chi connectivity index (χ2n) is 5.21. The van der Waals surface area contributed by atoms with Gasteiger partial charge in [-0.2, -0.15) is 0 Å². The van der Waals surface area contributed by atoms with Crippen molar-refractivity contribution in [3.63, 3.8) is 0 Å². The maximum absolute atomic E-state index is 10.1. The highest BCUT2D eigenvalue weighted by atomic mass is 35.5. The first-order valence-electron chi connectivity index (χ1n) is 5.54. The van der Waals surface area contributed by atoms with Crippen molar-refractivity contribution in [2.24, 2.45) is 5.73 Å². The Hall–Kier alpha value is -0.770. The number of aromatic hydroxyl groups is 1. The van der Waals surface area contributed by atoms with Gasteiger partial charge in [0.1, 0.15) is 5.75 Å². The number of nitrogens with two attached hydrogens (primary N) is 1. The quantitative estimate of drug-likeness (QED) is 0.778. The summed E-state index contributed by atoms with van der Waals surface area (Å²) in [5.41, 5.74) is 7.29.